The zero-order chi connectivity index (χ0) is 28.4. The zero-order valence-electron chi connectivity index (χ0n) is 22.0. The number of aryl methyl sites for hydroxylation is 1. The van der Waals surface area contributed by atoms with Gasteiger partial charge in [-0.15, -0.1) is 0 Å². The van der Waals surface area contributed by atoms with Crippen LogP contribution >= 0.6 is 0 Å². The third-order valence-corrected chi connectivity index (χ3v) is 7.56. The highest BCUT2D eigenvalue weighted by Crippen LogP contribution is 2.26. The number of allylic oxidation sites excluding steroid dienone is 4. The SMILES string of the molecule is Cc1c(C(=O)NCC(F)(F)F)ccc2nn(CC3CCN(C(=O)c4ccc(C5=CCC(F)C=C5)cc4)CC3)cc12. The summed E-state index contributed by atoms with van der Waals surface area (Å²) in [7, 11) is 0. The van der Waals surface area contributed by atoms with Crippen molar-refractivity contribution in [3.8, 4) is 0 Å². The monoisotopic (exact) mass is 554 g/mol. The van der Waals surface area contributed by atoms with E-state index in [-0.39, 0.29) is 11.5 Å². The van der Waals surface area contributed by atoms with E-state index in [0.29, 0.717) is 48.6 Å². The maximum absolute atomic E-state index is 13.3. The van der Waals surface area contributed by atoms with Gasteiger partial charge in [0, 0.05) is 48.8 Å². The first-order valence-corrected chi connectivity index (χ1v) is 13.3. The van der Waals surface area contributed by atoms with Crippen molar-refractivity contribution >= 4 is 28.3 Å². The highest BCUT2D eigenvalue weighted by Gasteiger charge is 2.28. The number of halogens is 4. The van der Waals surface area contributed by atoms with Gasteiger partial charge in [-0.05, 0) is 72.7 Å². The molecule has 40 heavy (non-hydrogen) atoms. The van der Waals surface area contributed by atoms with E-state index in [2.05, 4.69) is 5.10 Å². The molecule has 2 aromatic carbocycles. The van der Waals surface area contributed by atoms with Crippen LogP contribution in [0, 0.1) is 12.8 Å². The molecule has 1 saturated heterocycles. The van der Waals surface area contributed by atoms with Crippen molar-refractivity contribution in [2.45, 2.75) is 45.1 Å². The Bertz CT molecular complexity index is 1470. The molecule has 0 bridgehead atoms. The van der Waals surface area contributed by atoms with Crippen molar-refractivity contribution < 1.29 is 27.2 Å². The molecule has 2 heterocycles. The van der Waals surface area contributed by atoms with Crippen LogP contribution in [0.5, 0.6) is 0 Å². The number of nitrogens with one attached hydrogen (secondary N) is 1. The van der Waals surface area contributed by atoms with Crippen molar-refractivity contribution in [3.63, 3.8) is 0 Å². The second kappa shape index (κ2) is 11.3. The minimum atomic E-state index is -4.48. The van der Waals surface area contributed by atoms with Crippen LogP contribution in [-0.2, 0) is 6.54 Å². The van der Waals surface area contributed by atoms with Crippen LogP contribution in [0.3, 0.4) is 0 Å². The first kappa shape index (κ1) is 27.6. The number of carbonyl (C=O) groups is 2. The Morgan fingerprint density at radius 3 is 2.45 bits per heavy atom. The van der Waals surface area contributed by atoms with Crippen LogP contribution in [0.2, 0.25) is 0 Å². The fraction of sp³-hybridized carbons (Fsp3) is 0.367. The first-order valence-electron chi connectivity index (χ1n) is 13.3. The van der Waals surface area contributed by atoms with E-state index in [4.69, 9.17) is 0 Å². The van der Waals surface area contributed by atoms with E-state index in [0.717, 1.165) is 29.4 Å². The molecule has 210 valence electrons. The standard InChI is InChI=1S/C30H30F4N4O2/c1-19-25(28(39)35-18-30(32,33)34)10-11-27-26(19)17-38(36-27)16-20-12-14-37(15-13-20)29(40)23-4-2-21(3-5-23)22-6-8-24(31)9-7-22/h2-8,10-11,17,20,24H,9,12-16,18H2,1H3,(H,35,39). The third-order valence-electron chi connectivity index (χ3n) is 7.56. The summed E-state index contributed by atoms with van der Waals surface area (Å²) < 4.78 is 52.6. The quantitative estimate of drug-likeness (QED) is 0.388. The molecule has 1 atom stereocenters. The van der Waals surface area contributed by atoms with E-state index in [1.807, 2.05) is 51.4 Å². The van der Waals surface area contributed by atoms with Gasteiger partial charge in [0.2, 0.25) is 0 Å². The van der Waals surface area contributed by atoms with E-state index >= 15 is 0 Å². The van der Waals surface area contributed by atoms with Crippen LogP contribution in [0.1, 0.15) is 51.1 Å². The van der Waals surface area contributed by atoms with Crippen LogP contribution in [-0.4, -0.2) is 58.5 Å². The Hall–Kier alpha value is -3.95. The Morgan fingerprint density at radius 1 is 1.07 bits per heavy atom. The summed E-state index contributed by atoms with van der Waals surface area (Å²) in [6.45, 7) is 2.21. The van der Waals surface area contributed by atoms with Crippen molar-refractivity contribution in [2.75, 3.05) is 19.6 Å². The molecule has 2 amide bonds. The van der Waals surface area contributed by atoms with E-state index < -0.39 is 24.8 Å². The summed E-state index contributed by atoms with van der Waals surface area (Å²) in [6.07, 6.45) is 3.58. The maximum atomic E-state index is 13.3. The van der Waals surface area contributed by atoms with E-state index in [9.17, 15) is 27.2 Å². The highest BCUT2D eigenvalue weighted by molar-refractivity contribution is 6.00. The molecule has 1 aliphatic heterocycles. The van der Waals surface area contributed by atoms with Crippen molar-refractivity contribution in [2.24, 2.45) is 5.92 Å². The lowest BCUT2D eigenvalue weighted by Gasteiger charge is -2.32. The Morgan fingerprint density at radius 2 is 1.80 bits per heavy atom. The smallest absolute Gasteiger partial charge is 0.343 e. The zero-order valence-corrected chi connectivity index (χ0v) is 22.0. The first-order chi connectivity index (χ1) is 19.1. The normalized spacial score (nSPS) is 18.2. The predicted molar refractivity (Wildman–Crippen MR) is 145 cm³/mol. The third kappa shape index (κ3) is 6.26. The molecule has 1 N–H and O–H groups in total. The summed E-state index contributed by atoms with van der Waals surface area (Å²) in [6, 6.07) is 10.6. The predicted octanol–water partition coefficient (Wildman–Crippen LogP) is 5.87. The molecule has 2 aliphatic rings. The van der Waals surface area contributed by atoms with Gasteiger partial charge in [0.15, 0.2) is 0 Å². The molecule has 0 saturated carbocycles. The van der Waals surface area contributed by atoms with Gasteiger partial charge in [0.05, 0.1) is 5.52 Å². The second-order valence-corrected chi connectivity index (χ2v) is 10.4. The lowest BCUT2D eigenvalue weighted by Crippen LogP contribution is -2.39. The molecule has 1 aliphatic carbocycles. The number of likely N-dealkylation sites (tertiary alicyclic amines) is 1. The average Bonchev–Trinajstić information content (AvgIpc) is 3.35. The van der Waals surface area contributed by atoms with E-state index in [1.54, 1.807) is 25.1 Å². The van der Waals surface area contributed by atoms with Crippen LogP contribution in [0.15, 0.2) is 60.8 Å². The fourth-order valence-corrected chi connectivity index (χ4v) is 5.28. The topological polar surface area (TPSA) is 67.2 Å². The van der Waals surface area contributed by atoms with Gasteiger partial charge in [0.25, 0.3) is 11.8 Å². The molecule has 3 aromatic rings. The molecule has 0 radical (unpaired) electrons. The molecule has 1 aromatic heterocycles. The number of amides is 2. The summed E-state index contributed by atoms with van der Waals surface area (Å²) in [4.78, 5) is 27.2. The average molecular weight is 555 g/mol. The van der Waals surface area contributed by atoms with E-state index in [1.165, 1.54) is 6.07 Å². The Balaban J connectivity index is 1.17. The number of alkyl halides is 4. The minimum Gasteiger partial charge on any atom is -0.343 e. The number of piperidine rings is 1. The van der Waals surface area contributed by atoms with Crippen LogP contribution in [0.25, 0.3) is 16.5 Å². The molecule has 1 unspecified atom stereocenters. The van der Waals surface area contributed by atoms with Gasteiger partial charge in [0.1, 0.15) is 12.7 Å². The largest absolute Gasteiger partial charge is 0.405 e. The summed E-state index contributed by atoms with van der Waals surface area (Å²) in [5, 5.41) is 7.24. The molecular formula is C30H30F4N4O2. The van der Waals surface area contributed by atoms with Crippen LogP contribution in [0.4, 0.5) is 17.6 Å². The fourth-order valence-electron chi connectivity index (χ4n) is 5.28. The lowest BCUT2D eigenvalue weighted by atomic mass is 9.95. The van der Waals surface area contributed by atoms with Crippen molar-refractivity contribution in [1.82, 2.24) is 20.0 Å². The van der Waals surface area contributed by atoms with Gasteiger partial charge in [-0.2, -0.15) is 18.3 Å². The van der Waals surface area contributed by atoms with Gasteiger partial charge in [-0.25, -0.2) is 4.39 Å². The number of rotatable bonds is 6. The maximum Gasteiger partial charge on any atom is 0.405 e. The molecule has 0 spiro atoms. The number of benzene rings is 2. The molecule has 5 rings (SSSR count). The number of hydrogen-bond acceptors (Lipinski definition) is 3. The van der Waals surface area contributed by atoms with Gasteiger partial charge in [-0.1, -0.05) is 24.3 Å². The number of hydrogen-bond donors (Lipinski definition) is 1. The van der Waals surface area contributed by atoms with Gasteiger partial charge in [-0.3, -0.25) is 14.3 Å². The second-order valence-electron chi connectivity index (χ2n) is 10.4. The summed E-state index contributed by atoms with van der Waals surface area (Å²) >= 11 is 0. The number of carbonyl (C=O) groups excluding carboxylic acids is 2. The molecule has 1 fully saturated rings. The van der Waals surface area contributed by atoms with Crippen molar-refractivity contribution in [1.29, 1.82) is 0 Å². The molecule has 10 heteroatoms. The Kier molecular flexibility index (Phi) is 7.78. The highest BCUT2D eigenvalue weighted by atomic mass is 19.4. The number of nitrogens with zero attached hydrogens (tertiary/aromatic N) is 3. The van der Waals surface area contributed by atoms with Crippen molar-refractivity contribution in [3.05, 3.63) is 83.1 Å². The minimum absolute atomic E-state index is 0.0150. The van der Waals surface area contributed by atoms with Crippen LogP contribution < -0.4 is 5.32 Å². The lowest BCUT2D eigenvalue weighted by molar-refractivity contribution is -0.123. The summed E-state index contributed by atoms with van der Waals surface area (Å²) in [5.74, 6) is -0.479. The molecule has 6 nitrogen and oxygen atoms in total. The summed E-state index contributed by atoms with van der Waals surface area (Å²) in [5.41, 5.74) is 3.97. The Labute approximate surface area is 229 Å². The number of aromatic nitrogens is 2. The molecular weight excluding hydrogens is 524 g/mol. The van der Waals surface area contributed by atoms with Gasteiger partial charge >= 0.3 is 6.18 Å². The number of fused-ring (bicyclic) bond motifs is 1. The van der Waals surface area contributed by atoms with Gasteiger partial charge < -0.3 is 10.2 Å².